The lowest BCUT2D eigenvalue weighted by molar-refractivity contribution is -0.0704. The highest BCUT2D eigenvalue weighted by Gasteiger charge is 2.29. The molecule has 0 aliphatic carbocycles. The second kappa shape index (κ2) is 8.29. The average molecular weight is 327 g/mol. The summed E-state index contributed by atoms with van der Waals surface area (Å²) >= 11 is 0. The predicted molar refractivity (Wildman–Crippen MR) is 94.0 cm³/mol. The first-order chi connectivity index (χ1) is 11.8. The Bertz CT molecular complexity index is 613. The fraction of sp³-hybridized carbons (Fsp3) is 0.400. The number of nitrogens with zero attached hydrogens (tertiary/aromatic N) is 1. The van der Waals surface area contributed by atoms with Gasteiger partial charge in [-0.05, 0) is 30.2 Å². The van der Waals surface area contributed by atoms with Crippen molar-refractivity contribution in [1.82, 2.24) is 4.90 Å². The van der Waals surface area contributed by atoms with Crippen molar-refractivity contribution in [3.8, 4) is 5.75 Å². The molecule has 1 aliphatic rings. The van der Waals surface area contributed by atoms with E-state index in [-0.39, 0.29) is 18.8 Å². The Morgan fingerprint density at radius 2 is 1.88 bits per heavy atom. The standard InChI is InChI=1S/C20H25NO3/c1-16-20(23-14-12-21(16)11-13-22)18-7-9-19(10-8-18)24-15-17-5-3-2-4-6-17/h2-10,16,20,22H,11-15H2,1H3. The largest absolute Gasteiger partial charge is 0.489 e. The number of benzene rings is 2. The molecule has 2 aromatic carbocycles. The van der Waals surface area contributed by atoms with Crippen LogP contribution < -0.4 is 4.74 Å². The van der Waals surface area contributed by atoms with Crippen LogP contribution in [0.5, 0.6) is 5.75 Å². The molecule has 0 bridgehead atoms. The van der Waals surface area contributed by atoms with Crippen molar-refractivity contribution in [2.45, 2.75) is 25.7 Å². The zero-order valence-corrected chi connectivity index (χ0v) is 14.1. The molecule has 1 saturated heterocycles. The molecule has 0 spiro atoms. The summed E-state index contributed by atoms with van der Waals surface area (Å²) in [7, 11) is 0. The lowest BCUT2D eigenvalue weighted by atomic mass is 10.0. The van der Waals surface area contributed by atoms with E-state index in [1.165, 1.54) is 0 Å². The molecule has 4 nitrogen and oxygen atoms in total. The number of morpholine rings is 1. The van der Waals surface area contributed by atoms with Crippen LogP contribution in [0.15, 0.2) is 54.6 Å². The van der Waals surface area contributed by atoms with Crippen LogP contribution in [0.1, 0.15) is 24.2 Å². The first-order valence-electron chi connectivity index (χ1n) is 8.51. The van der Waals surface area contributed by atoms with Crippen LogP contribution in [0.3, 0.4) is 0 Å². The average Bonchev–Trinajstić information content (AvgIpc) is 2.63. The lowest BCUT2D eigenvalue weighted by Gasteiger charge is -2.39. The quantitative estimate of drug-likeness (QED) is 0.885. The molecule has 128 valence electrons. The van der Waals surface area contributed by atoms with Crippen molar-refractivity contribution < 1.29 is 14.6 Å². The van der Waals surface area contributed by atoms with Gasteiger partial charge in [-0.2, -0.15) is 0 Å². The normalized spacial score (nSPS) is 21.6. The molecule has 0 aromatic heterocycles. The Labute approximate surface area is 143 Å². The number of aliphatic hydroxyl groups excluding tert-OH is 1. The second-order valence-electron chi connectivity index (χ2n) is 6.13. The topological polar surface area (TPSA) is 41.9 Å². The molecule has 24 heavy (non-hydrogen) atoms. The van der Waals surface area contributed by atoms with Crippen LogP contribution in [-0.2, 0) is 11.3 Å². The molecule has 3 rings (SSSR count). The third-order valence-electron chi connectivity index (χ3n) is 4.53. The fourth-order valence-corrected chi connectivity index (χ4v) is 3.14. The van der Waals surface area contributed by atoms with Crippen LogP contribution in [-0.4, -0.2) is 42.4 Å². The van der Waals surface area contributed by atoms with E-state index in [1.54, 1.807) is 0 Å². The van der Waals surface area contributed by atoms with E-state index in [9.17, 15) is 5.11 Å². The molecular weight excluding hydrogens is 302 g/mol. The molecule has 1 aliphatic heterocycles. The highest BCUT2D eigenvalue weighted by atomic mass is 16.5. The Balaban J connectivity index is 1.61. The van der Waals surface area contributed by atoms with Gasteiger partial charge in [-0.15, -0.1) is 0 Å². The van der Waals surface area contributed by atoms with Crippen LogP contribution in [0, 0.1) is 0 Å². The van der Waals surface area contributed by atoms with Gasteiger partial charge in [0, 0.05) is 19.1 Å². The SMILES string of the molecule is CC1C(c2ccc(OCc3ccccc3)cc2)OCCN1CCO. The summed E-state index contributed by atoms with van der Waals surface area (Å²) in [5, 5.41) is 9.18. The monoisotopic (exact) mass is 327 g/mol. The van der Waals surface area contributed by atoms with Crippen molar-refractivity contribution in [2.75, 3.05) is 26.3 Å². The molecule has 0 amide bonds. The van der Waals surface area contributed by atoms with Gasteiger partial charge in [-0.1, -0.05) is 42.5 Å². The van der Waals surface area contributed by atoms with E-state index < -0.39 is 0 Å². The number of aliphatic hydroxyl groups is 1. The van der Waals surface area contributed by atoms with Crippen molar-refractivity contribution in [1.29, 1.82) is 0 Å². The number of rotatable bonds is 6. The minimum Gasteiger partial charge on any atom is -0.489 e. The molecule has 0 saturated carbocycles. The van der Waals surface area contributed by atoms with Gasteiger partial charge in [0.2, 0.25) is 0 Å². The number of β-amino-alcohol motifs (C(OH)–C–C–N with tert-alkyl or cyclic N) is 1. The maximum Gasteiger partial charge on any atom is 0.119 e. The Morgan fingerprint density at radius 3 is 2.58 bits per heavy atom. The summed E-state index contributed by atoms with van der Waals surface area (Å²) in [4.78, 5) is 2.27. The third-order valence-corrected chi connectivity index (χ3v) is 4.53. The molecule has 0 radical (unpaired) electrons. The summed E-state index contributed by atoms with van der Waals surface area (Å²) in [6, 6.07) is 18.5. The molecule has 1 fully saturated rings. The van der Waals surface area contributed by atoms with Gasteiger partial charge in [0.1, 0.15) is 12.4 Å². The molecule has 2 atom stereocenters. The van der Waals surface area contributed by atoms with E-state index in [0.29, 0.717) is 19.8 Å². The summed E-state index contributed by atoms with van der Waals surface area (Å²) in [6.45, 7) is 5.17. The van der Waals surface area contributed by atoms with Gasteiger partial charge < -0.3 is 14.6 Å². The Kier molecular flexibility index (Phi) is 5.86. The highest BCUT2D eigenvalue weighted by molar-refractivity contribution is 5.30. The van der Waals surface area contributed by atoms with Crippen LogP contribution in [0.25, 0.3) is 0 Å². The van der Waals surface area contributed by atoms with Crippen LogP contribution in [0.4, 0.5) is 0 Å². The van der Waals surface area contributed by atoms with Gasteiger partial charge in [0.15, 0.2) is 0 Å². The van der Waals surface area contributed by atoms with Crippen molar-refractivity contribution in [3.63, 3.8) is 0 Å². The fourth-order valence-electron chi connectivity index (χ4n) is 3.14. The smallest absolute Gasteiger partial charge is 0.119 e. The van der Waals surface area contributed by atoms with Crippen molar-refractivity contribution in [3.05, 3.63) is 65.7 Å². The first kappa shape index (κ1) is 17.0. The lowest BCUT2D eigenvalue weighted by Crippen LogP contribution is -2.46. The molecule has 2 aromatic rings. The number of hydrogen-bond acceptors (Lipinski definition) is 4. The van der Waals surface area contributed by atoms with Gasteiger partial charge in [-0.3, -0.25) is 4.90 Å². The van der Waals surface area contributed by atoms with Gasteiger partial charge >= 0.3 is 0 Å². The zero-order valence-electron chi connectivity index (χ0n) is 14.1. The Morgan fingerprint density at radius 1 is 1.12 bits per heavy atom. The van der Waals surface area contributed by atoms with Crippen molar-refractivity contribution in [2.24, 2.45) is 0 Å². The van der Waals surface area contributed by atoms with E-state index in [0.717, 1.165) is 23.4 Å². The Hall–Kier alpha value is -1.88. The third kappa shape index (κ3) is 4.15. The number of ether oxygens (including phenoxy) is 2. The summed E-state index contributed by atoms with van der Waals surface area (Å²) in [6.07, 6.45) is 0.0356. The van der Waals surface area contributed by atoms with Gasteiger partial charge in [0.25, 0.3) is 0 Å². The molecular formula is C20H25NO3. The van der Waals surface area contributed by atoms with Gasteiger partial charge in [0.05, 0.1) is 19.3 Å². The van der Waals surface area contributed by atoms with Crippen LogP contribution >= 0.6 is 0 Å². The minimum absolute atomic E-state index is 0.0356. The maximum atomic E-state index is 9.18. The van der Waals surface area contributed by atoms with Gasteiger partial charge in [-0.25, -0.2) is 0 Å². The van der Waals surface area contributed by atoms with E-state index >= 15 is 0 Å². The predicted octanol–water partition coefficient (Wildman–Crippen LogP) is 3.02. The molecule has 2 unspecified atom stereocenters. The first-order valence-corrected chi connectivity index (χ1v) is 8.51. The summed E-state index contributed by atoms with van der Waals surface area (Å²) in [5.74, 6) is 0.860. The summed E-state index contributed by atoms with van der Waals surface area (Å²) < 4.78 is 11.8. The molecule has 4 heteroatoms. The second-order valence-corrected chi connectivity index (χ2v) is 6.13. The molecule has 1 heterocycles. The highest BCUT2D eigenvalue weighted by Crippen LogP contribution is 2.29. The summed E-state index contributed by atoms with van der Waals surface area (Å²) in [5.41, 5.74) is 2.31. The van der Waals surface area contributed by atoms with E-state index in [1.807, 2.05) is 30.3 Å². The molecule has 1 N–H and O–H groups in total. The maximum absolute atomic E-state index is 9.18. The van der Waals surface area contributed by atoms with E-state index in [4.69, 9.17) is 9.47 Å². The van der Waals surface area contributed by atoms with E-state index in [2.05, 4.69) is 36.1 Å². The van der Waals surface area contributed by atoms with Crippen molar-refractivity contribution >= 4 is 0 Å². The minimum atomic E-state index is 0.0356. The van der Waals surface area contributed by atoms with Crippen LogP contribution in [0.2, 0.25) is 0 Å². The number of hydrogen-bond donors (Lipinski definition) is 1. The zero-order chi connectivity index (χ0) is 16.8.